The second kappa shape index (κ2) is 10.8. The lowest BCUT2D eigenvalue weighted by atomic mass is 9.95. The monoisotopic (exact) mass is 523 g/mol. The zero-order valence-electron chi connectivity index (χ0n) is 21.0. The minimum atomic E-state index is -0.282. The summed E-state index contributed by atoms with van der Waals surface area (Å²) in [7, 11) is 0. The molecule has 0 N–H and O–H groups in total. The molecule has 4 aromatic rings. The van der Waals surface area contributed by atoms with Gasteiger partial charge in [0.1, 0.15) is 18.0 Å². The van der Waals surface area contributed by atoms with Crippen LogP contribution >= 0.6 is 23.5 Å². The van der Waals surface area contributed by atoms with Gasteiger partial charge in [-0.3, -0.25) is 0 Å². The predicted octanol–water partition coefficient (Wildman–Crippen LogP) is 6.91. The van der Waals surface area contributed by atoms with Crippen LogP contribution in [0.1, 0.15) is 55.8 Å². The second-order valence-corrected chi connectivity index (χ2v) is 11.1. The number of aromatic nitrogens is 4. The molecule has 1 saturated heterocycles. The Morgan fingerprint density at radius 3 is 2.61 bits per heavy atom. The van der Waals surface area contributed by atoms with Gasteiger partial charge in [-0.05, 0) is 54.7 Å². The van der Waals surface area contributed by atoms with Gasteiger partial charge in [0, 0.05) is 46.5 Å². The van der Waals surface area contributed by atoms with Crippen LogP contribution in [0.25, 0.3) is 22.0 Å². The van der Waals surface area contributed by atoms with Gasteiger partial charge in [-0.15, -0.1) is 11.8 Å². The van der Waals surface area contributed by atoms with Gasteiger partial charge < -0.3 is 9.42 Å². The van der Waals surface area contributed by atoms with Gasteiger partial charge in [-0.2, -0.15) is 16.7 Å². The first-order chi connectivity index (χ1) is 17.5. The molecule has 3 heterocycles. The maximum Gasteiger partial charge on any atom is 0.229 e. The second-order valence-electron chi connectivity index (χ2n) is 9.41. The molecule has 5 rings (SSSR count). The van der Waals surface area contributed by atoms with Gasteiger partial charge in [-0.25, -0.2) is 14.4 Å². The van der Waals surface area contributed by atoms with Crippen LogP contribution in [0.15, 0.2) is 46.1 Å². The van der Waals surface area contributed by atoms with Crippen LogP contribution in [-0.2, 0) is 5.75 Å². The summed E-state index contributed by atoms with van der Waals surface area (Å²) in [6.07, 6.45) is 7.55. The smallest absolute Gasteiger partial charge is 0.229 e. The number of benzene rings is 2. The lowest BCUT2D eigenvalue weighted by Gasteiger charge is -2.32. The molecule has 1 fully saturated rings. The van der Waals surface area contributed by atoms with Crippen LogP contribution < -0.4 is 4.90 Å². The predicted molar refractivity (Wildman–Crippen MR) is 147 cm³/mol. The molecular weight excluding hydrogens is 493 g/mol. The van der Waals surface area contributed by atoms with Crippen LogP contribution in [0.2, 0.25) is 0 Å². The Hall–Kier alpha value is -2.65. The Bertz CT molecular complexity index is 1370. The summed E-state index contributed by atoms with van der Waals surface area (Å²) < 4.78 is 20.4. The van der Waals surface area contributed by atoms with E-state index in [-0.39, 0.29) is 17.7 Å². The van der Waals surface area contributed by atoms with Crippen molar-refractivity contribution in [3.8, 4) is 11.1 Å². The molecule has 0 bridgehead atoms. The maximum absolute atomic E-state index is 15.0. The molecule has 0 amide bonds. The van der Waals surface area contributed by atoms with Gasteiger partial charge in [0.25, 0.3) is 0 Å². The van der Waals surface area contributed by atoms with Crippen LogP contribution in [0.4, 0.5) is 10.2 Å². The average Bonchev–Trinajstić information content (AvgIpc) is 3.39. The summed E-state index contributed by atoms with van der Waals surface area (Å²) >= 11 is 3.51. The SMILES string of the molecule is CSCc1ccc(-c2cc(F)cc3c(N4CCC(c5noc(C(C)C)n5)CC4)ncnc23)cc1SC. The number of piperidine rings is 1. The Labute approximate surface area is 219 Å². The van der Waals surface area contributed by atoms with Crippen molar-refractivity contribution in [2.75, 3.05) is 30.5 Å². The molecule has 9 heteroatoms. The molecule has 0 aliphatic carbocycles. The van der Waals surface area contributed by atoms with E-state index in [1.807, 2.05) is 13.8 Å². The normalized spacial score (nSPS) is 14.8. The van der Waals surface area contributed by atoms with Crippen molar-refractivity contribution in [1.29, 1.82) is 0 Å². The van der Waals surface area contributed by atoms with Gasteiger partial charge in [0.15, 0.2) is 5.82 Å². The highest BCUT2D eigenvalue weighted by atomic mass is 32.2. The van der Waals surface area contributed by atoms with Crippen molar-refractivity contribution in [2.24, 2.45) is 0 Å². The first-order valence-corrected chi connectivity index (χ1v) is 14.8. The molecule has 36 heavy (non-hydrogen) atoms. The summed E-state index contributed by atoms with van der Waals surface area (Å²) in [5.41, 5.74) is 3.82. The number of thioether (sulfide) groups is 2. The highest BCUT2D eigenvalue weighted by molar-refractivity contribution is 7.99. The topological polar surface area (TPSA) is 67.9 Å². The van der Waals surface area contributed by atoms with Crippen LogP contribution in [0.3, 0.4) is 0 Å². The van der Waals surface area contributed by atoms with Crippen molar-refractivity contribution in [3.05, 3.63) is 59.8 Å². The van der Waals surface area contributed by atoms with E-state index in [2.05, 4.69) is 55.7 Å². The number of nitrogens with zero attached hydrogens (tertiary/aromatic N) is 5. The Kier molecular flexibility index (Phi) is 7.48. The summed E-state index contributed by atoms with van der Waals surface area (Å²) in [5.74, 6) is 3.39. The standard InChI is InChI=1S/C27H30FN5OS2/c1-16(2)27-31-25(32-34-27)17-7-9-33(10-8-17)26-22-13-20(28)12-21(24(22)29-15-30-26)18-5-6-19(14-35-3)23(11-18)36-4/h5-6,11-13,15-17H,7-10,14H2,1-4H3. The molecule has 2 aromatic heterocycles. The fourth-order valence-electron chi connectivity index (χ4n) is 4.78. The molecule has 0 radical (unpaired) electrons. The first-order valence-electron chi connectivity index (χ1n) is 12.2. The van der Waals surface area contributed by atoms with Crippen LogP contribution in [-0.4, -0.2) is 45.7 Å². The van der Waals surface area contributed by atoms with E-state index in [9.17, 15) is 4.39 Å². The minimum absolute atomic E-state index is 0.219. The molecule has 1 aliphatic heterocycles. The summed E-state index contributed by atoms with van der Waals surface area (Å²) in [6, 6.07) is 9.51. The molecule has 1 aliphatic rings. The van der Waals surface area contributed by atoms with E-state index in [0.717, 1.165) is 65.4 Å². The quantitative estimate of drug-likeness (QED) is 0.242. The van der Waals surface area contributed by atoms with Crippen molar-refractivity contribution in [3.63, 3.8) is 0 Å². The van der Waals surface area contributed by atoms with E-state index in [0.29, 0.717) is 5.89 Å². The summed E-state index contributed by atoms with van der Waals surface area (Å²) in [5, 5.41) is 4.96. The van der Waals surface area contributed by atoms with Gasteiger partial charge >= 0.3 is 0 Å². The number of hydrogen-bond donors (Lipinski definition) is 0. The number of hydrogen-bond acceptors (Lipinski definition) is 8. The summed E-state index contributed by atoms with van der Waals surface area (Å²) in [6.45, 7) is 5.67. The van der Waals surface area contributed by atoms with Crippen LogP contribution in [0.5, 0.6) is 0 Å². The van der Waals surface area contributed by atoms with Gasteiger partial charge in [-0.1, -0.05) is 31.1 Å². The van der Waals surface area contributed by atoms with Gasteiger partial charge in [0.2, 0.25) is 5.89 Å². The molecule has 6 nitrogen and oxygen atoms in total. The number of fused-ring (bicyclic) bond motifs is 1. The lowest BCUT2D eigenvalue weighted by molar-refractivity contribution is 0.353. The Morgan fingerprint density at radius 1 is 1.11 bits per heavy atom. The average molecular weight is 524 g/mol. The van der Waals surface area contributed by atoms with Crippen LogP contribution in [0, 0.1) is 5.82 Å². The fraction of sp³-hybridized carbons (Fsp3) is 0.407. The maximum atomic E-state index is 15.0. The van der Waals surface area contributed by atoms with E-state index in [4.69, 9.17) is 4.52 Å². The number of rotatable bonds is 7. The van der Waals surface area contributed by atoms with E-state index in [1.165, 1.54) is 10.5 Å². The lowest BCUT2D eigenvalue weighted by Crippen LogP contribution is -2.34. The van der Waals surface area contributed by atoms with E-state index in [1.54, 1.807) is 42.0 Å². The molecule has 0 saturated carbocycles. The number of anilines is 1. The van der Waals surface area contributed by atoms with Crippen molar-refractivity contribution < 1.29 is 8.91 Å². The minimum Gasteiger partial charge on any atom is -0.356 e. The molecule has 2 aromatic carbocycles. The molecule has 0 spiro atoms. The Balaban J connectivity index is 1.45. The largest absolute Gasteiger partial charge is 0.356 e. The molecule has 0 atom stereocenters. The van der Waals surface area contributed by atoms with Crippen molar-refractivity contribution in [2.45, 2.75) is 49.2 Å². The first kappa shape index (κ1) is 25.0. The molecular formula is C27H30FN5OS2. The highest BCUT2D eigenvalue weighted by Crippen LogP contribution is 2.37. The third kappa shape index (κ3) is 4.95. The van der Waals surface area contributed by atoms with E-state index < -0.39 is 0 Å². The van der Waals surface area contributed by atoms with Gasteiger partial charge in [0.05, 0.1) is 5.52 Å². The zero-order chi connectivity index (χ0) is 25.2. The fourth-order valence-corrected chi connectivity index (χ4v) is 6.08. The molecule has 188 valence electrons. The van der Waals surface area contributed by atoms with Crippen molar-refractivity contribution in [1.82, 2.24) is 20.1 Å². The van der Waals surface area contributed by atoms with Crippen molar-refractivity contribution >= 4 is 40.2 Å². The molecule has 0 unspecified atom stereocenters. The number of halogens is 1. The highest BCUT2D eigenvalue weighted by Gasteiger charge is 2.27. The zero-order valence-corrected chi connectivity index (χ0v) is 22.6. The third-order valence-corrected chi connectivity index (χ3v) is 8.11. The summed E-state index contributed by atoms with van der Waals surface area (Å²) in [4.78, 5) is 17.2. The van der Waals surface area contributed by atoms with E-state index >= 15 is 0 Å². The third-order valence-electron chi connectivity index (χ3n) is 6.69. The Morgan fingerprint density at radius 2 is 1.92 bits per heavy atom.